The second-order valence-corrected chi connectivity index (χ2v) is 7.09. The molecule has 1 aromatic rings. The monoisotopic (exact) mass is 338 g/mol. The molecule has 0 aromatic heterocycles. The second kappa shape index (κ2) is 4.54. The van der Waals surface area contributed by atoms with Gasteiger partial charge in [-0.3, -0.25) is 0 Å². The van der Waals surface area contributed by atoms with Gasteiger partial charge in [0.1, 0.15) is 9.79 Å². The minimum absolute atomic E-state index is 0.394. The molecule has 0 aliphatic rings. The van der Waals surface area contributed by atoms with Crippen molar-refractivity contribution in [2.24, 2.45) is 10.3 Å². The highest BCUT2D eigenvalue weighted by molar-refractivity contribution is 7.90. The van der Waals surface area contributed by atoms with Crippen molar-refractivity contribution in [1.82, 2.24) is 0 Å². The number of sulfonamides is 2. The van der Waals surface area contributed by atoms with Crippen LogP contribution in [0.4, 0.5) is 0 Å². The number of benzene rings is 1. The quantitative estimate of drug-likeness (QED) is 0.833. The van der Waals surface area contributed by atoms with E-state index < -0.39 is 44.9 Å². The van der Waals surface area contributed by atoms with Crippen molar-refractivity contribution in [3.63, 3.8) is 0 Å². The summed E-state index contributed by atoms with van der Waals surface area (Å²) in [6.45, 7) is 0. The van der Waals surface area contributed by atoms with Gasteiger partial charge in [-0.1, -0.05) is 34.8 Å². The average molecular weight is 340 g/mol. The molecule has 1 rings (SSSR count). The maximum atomic E-state index is 11.2. The van der Waals surface area contributed by atoms with Crippen LogP contribution in [0.25, 0.3) is 0 Å². The Morgan fingerprint density at radius 2 is 1.12 bits per heavy atom. The fraction of sp³-hybridized carbons (Fsp3) is 0. The van der Waals surface area contributed by atoms with Crippen molar-refractivity contribution < 1.29 is 16.8 Å². The number of nitrogens with two attached hydrogens (primary N) is 2. The predicted octanol–water partition coefficient (Wildman–Crippen LogP) is 0.942. The number of hydrogen-bond donors (Lipinski definition) is 2. The number of primary sulfonamides is 2. The summed E-state index contributed by atoms with van der Waals surface area (Å²) >= 11 is 16.8. The molecule has 0 aliphatic heterocycles. The summed E-state index contributed by atoms with van der Waals surface area (Å²) in [5, 5.41) is 8.17. The van der Waals surface area contributed by atoms with Gasteiger partial charge >= 0.3 is 0 Å². The highest BCUT2D eigenvalue weighted by Crippen LogP contribution is 2.38. The Morgan fingerprint density at radius 3 is 1.35 bits per heavy atom. The molecule has 0 saturated heterocycles. The van der Waals surface area contributed by atoms with Gasteiger partial charge in [-0.05, 0) is 6.07 Å². The standard InChI is InChI=1S/C6H5Cl3N2O4S2/c7-2-1-3(8)6(17(11,14)15)4(9)5(2)16(10,12)13/h1H,(H2,10,12,13)(H2,11,14,15). The van der Waals surface area contributed by atoms with Gasteiger partial charge in [0.05, 0.1) is 15.1 Å². The first kappa shape index (κ1) is 15.0. The molecule has 0 atom stereocenters. The fourth-order valence-electron chi connectivity index (χ4n) is 1.08. The lowest BCUT2D eigenvalue weighted by molar-refractivity contribution is 0.596. The SMILES string of the molecule is NS(=O)(=O)c1c(Cl)cc(Cl)c(S(N)(=O)=O)c1Cl. The van der Waals surface area contributed by atoms with Crippen LogP contribution < -0.4 is 10.3 Å². The zero-order chi connectivity index (χ0) is 13.6. The molecule has 0 amide bonds. The summed E-state index contributed by atoms with van der Waals surface area (Å²) in [7, 11) is -8.61. The molecule has 0 bridgehead atoms. The van der Waals surface area contributed by atoms with Crippen LogP contribution in [-0.2, 0) is 20.0 Å². The van der Waals surface area contributed by atoms with Crippen molar-refractivity contribution in [3.05, 3.63) is 21.1 Å². The molecule has 0 heterocycles. The molecule has 1 aromatic carbocycles. The zero-order valence-electron chi connectivity index (χ0n) is 7.82. The lowest BCUT2D eigenvalue weighted by Crippen LogP contribution is -2.18. The highest BCUT2D eigenvalue weighted by atomic mass is 35.5. The van der Waals surface area contributed by atoms with Gasteiger partial charge in [-0.2, -0.15) is 0 Å². The fourth-order valence-corrected chi connectivity index (χ4v) is 4.56. The highest BCUT2D eigenvalue weighted by Gasteiger charge is 2.27. The average Bonchev–Trinajstić information content (AvgIpc) is 1.94. The minimum atomic E-state index is -4.31. The molecule has 4 N–H and O–H groups in total. The summed E-state index contributed by atoms with van der Waals surface area (Å²) in [4.78, 5) is -1.48. The van der Waals surface area contributed by atoms with Crippen LogP contribution in [0, 0.1) is 0 Å². The van der Waals surface area contributed by atoms with E-state index in [1.54, 1.807) is 0 Å². The Hall–Kier alpha value is -0.0900. The van der Waals surface area contributed by atoms with Gasteiger partial charge in [0.15, 0.2) is 0 Å². The maximum Gasteiger partial charge on any atom is 0.241 e. The summed E-state index contributed by atoms with van der Waals surface area (Å²) in [6, 6.07) is 0.883. The van der Waals surface area contributed by atoms with Crippen LogP contribution in [0.5, 0.6) is 0 Å². The normalized spacial score (nSPS) is 12.8. The molecule has 0 saturated carbocycles. The number of halogens is 3. The van der Waals surface area contributed by atoms with Crippen molar-refractivity contribution in [2.45, 2.75) is 9.79 Å². The molecule has 96 valence electrons. The van der Waals surface area contributed by atoms with E-state index in [4.69, 9.17) is 45.1 Å². The van der Waals surface area contributed by atoms with Crippen LogP contribution >= 0.6 is 34.8 Å². The minimum Gasteiger partial charge on any atom is -0.225 e. The number of hydrogen-bond acceptors (Lipinski definition) is 4. The van der Waals surface area contributed by atoms with Gasteiger partial charge in [0.2, 0.25) is 20.0 Å². The van der Waals surface area contributed by atoms with Gasteiger partial charge < -0.3 is 0 Å². The Kier molecular flexibility index (Phi) is 4.00. The third-order valence-electron chi connectivity index (χ3n) is 1.66. The predicted molar refractivity (Wildman–Crippen MR) is 64.2 cm³/mol. The first-order valence-electron chi connectivity index (χ1n) is 3.69. The van der Waals surface area contributed by atoms with Gasteiger partial charge in [-0.25, -0.2) is 27.1 Å². The van der Waals surface area contributed by atoms with E-state index in [2.05, 4.69) is 0 Å². The molecular weight excluding hydrogens is 335 g/mol. The molecule has 0 fully saturated rings. The van der Waals surface area contributed by atoms with Gasteiger partial charge in [-0.15, -0.1) is 0 Å². The summed E-state index contributed by atoms with van der Waals surface area (Å²) in [6.07, 6.45) is 0. The molecule has 0 unspecified atom stereocenters. The van der Waals surface area contributed by atoms with E-state index in [0.717, 1.165) is 6.07 Å². The lowest BCUT2D eigenvalue weighted by atomic mass is 10.3. The van der Waals surface area contributed by atoms with Crippen LogP contribution in [0.1, 0.15) is 0 Å². The third kappa shape index (κ3) is 3.02. The maximum absolute atomic E-state index is 11.2. The van der Waals surface area contributed by atoms with E-state index in [-0.39, 0.29) is 0 Å². The smallest absolute Gasteiger partial charge is 0.225 e. The summed E-state index contributed by atoms with van der Waals surface area (Å²) in [5.74, 6) is 0. The van der Waals surface area contributed by atoms with Crippen molar-refractivity contribution in [2.75, 3.05) is 0 Å². The molecule has 11 heteroatoms. The van der Waals surface area contributed by atoms with Crippen LogP contribution in [-0.4, -0.2) is 16.8 Å². The zero-order valence-corrected chi connectivity index (χ0v) is 11.7. The molecule has 0 spiro atoms. The molecule has 0 aliphatic carbocycles. The number of rotatable bonds is 2. The molecule has 6 nitrogen and oxygen atoms in total. The molecule has 17 heavy (non-hydrogen) atoms. The largest absolute Gasteiger partial charge is 0.241 e. The van der Waals surface area contributed by atoms with E-state index in [1.807, 2.05) is 0 Å². The van der Waals surface area contributed by atoms with E-state index in [9.17, 15) is 16.8 Å². The lowest BCUT2D eigenvalue weighted by Gasteiger charge is -2.10. The topological polar surface area (TPSA) is 120 Å². The van der Waals surface area contributed by atoms with E-state index >= 15 is 0 Å². The van der Waals surface area contributed by atoms with Gasteiger partial charge in [0.25, 0.3) is 0 Å². The van der Waals surface area contributed by atoms with Crippen LogP contribution in [0.2, 0.25) is 15.1 Å². The van der Waals surface area contributed by atoms with Crippen LogP contribution in [0.3, 0.4) is 0 Å². The van der Waals surface area contributed by atoms with E-state index in [0.29, 0.717) is 0 Å². The van der Waals surface area contributed by atoms with Crippen molar-refractivity contribution in [1.29, 1.82) is 0 Å². The Morgan fingerprint density at radius 1 is 0.824 bits per heavy atom. The Balaban J connectivity index is 3.93. The Labute approximate surface area is 113 Å². The first-order valence-corrected chi connectivity index (χ1v) is 7.92. The molecule has 0 radical (unpaired) electrons. The van der Waals surface area contributed by atoms with Crippen LogP contribution in [0.15, 0.2) is 15.9 Å². The van der Waals surface area contributed by atoms with Gasteiger partial charge in [0, 0.05) is 0 Å². The molecular formula is C6H5Cl3N2O4S2. The van der Waals surface area contributed by atoms with Crippen molar-refractivity contribution >= 4 is 54.8 Å². The van der Waals surface area contributed by atoms with Crippen molar-refractivity contribution in [3.8, 4) is 0 Å². The van der Waals surface area contributed by atoms with E-state index in [1.165, 1.54) is 0 Å². The summed E-state index contributed by atoms with van der Waals surface area (Å²) < 4.78 is 44.8. The summed E-state index contributed by atoms with van der Waals surface area (Å²) in [5.41, 5.74) is 0. The Bertz CT molecular complexity index is 627. The first-order chi connectivity index (χ1) is 7.46. The third-order valence-corrected chi connectivity index (χ3v) is 5.06. The second-order valence-electron chi connectivity index (χ2n) is 2.90.